The molecule has 0 saturated carbocycles. The van der Waals surface area contributed by atoms with E-state index in [2.05, 4.69) is 5.32 Å². The number of methoxy groups -OCH3 is 1. The topological polar surface area (TPSA) is 83.8 Å². The molecular weight excluding hydrogens is 442 g/mol. The predicted molar refractivity (Wildman–Crippen MR) is 140 cm³/mol. The summed E-state index contributed by atoms with van der Waals surface area (Å²) in [6, 6.07) is 21.9. The van der Waals surface area contributed by atoms with Gasteiger partial charge >= 0.3 is 0 Å². The Morgan fingerprint density at radius 2 is 1.69 bits per heavy atom. The van der Waals surface area contributed by atoms with Gasteiger partial charge in [0, 0.05) is 44.3 Å². The molecule has 0 unspecified atom stereocenters. The summed E-state index contributed by atoms with van der Waals surface area (Å²) in [5.74, 6) is 0.0134. The summed E-state index contributed by atoms with van der Waals surface area (Å²) in [7, 11) is 7.13. The van der Waals surface area contributed by atoms with Crippen molar-refractivity contribution in [3.8, 4) is 11.5 Å². The highest BCUT2D eigenvalue weighted by atomic mass is 16.5. The Morgan fingerprint density at radius 1 is 1.03 bits per heavy atom. The SMILES string of the molecule is COc1ccc(N[C@H](CC(=O)c2c(O)c3ccccc3n(C)c2=O)c2ccc(N(C)C)cc2)cc1. The zero-order valence-corrected chi connectivity index (χ0v) is 20.3. The van der Waals surface area contributed by atoms with Gasteiger partial charge in [-0.25, -0.2) is 0 Å². The van der Waals surface area contributed by atoms with Gasteiger partial charge in [0.25, 0.3) is 5.56 Å². The van der Waals surface area contributed by atoms with Gasteiger partial charge in [0.05, 0.1) is 18.7 Å². The van der Waals surface area contributed by atoms with Crippen molar-refractivity contribution in [3.63, 3.8) is 0 Å². The minimum absolute atomic E-state index is 0.0194. The van der Waals surface area contributed by atoms with E-state index in [1.165, 1.54) is 4.57 Å². The molecule has 0 bridgehead atoms. The summed E-state index contributed by atoms with van der Waals surface area (Å²) < 4.78 is 6.64. The molecule has 4 aromatic rings. The third kappa shape index (κ3) is 4.84. The number of Topliss-reactive ketones (excluding diaryl/α,β-unsaturated/α-hetero) is 1. The monoisotopic (exact) mass is 471 g/mol. The van der Waals surface area contributed by atoms with Crippen LogP contribution in [0.4, 0.5) is 11.4 Å². The molecule has 0 aliphatic heterocycles. The van der Waals surface area contributed by atoms with Crippen LogP contribution in [0.25, 0.3) is 10.9 Å². The van der Waals surface area contributed by atoms with Gasteiger partial charge in [-0.2, -0.15) is 0 Å². The van der Waals surface area contributed by atoms with E-state index in [1.54, 1.807) is 38.4 Å². The van der Waals surface area contributed by atoms with E-state index >= 15 is 0 Å². The predicted octanol–water partition coefficient (Wildman–Crippen LogP) is 4.74. The fourth-order valence-corrected chi connectivity index (χ4v) is 4.16. The van der Waals surface area contributed by atoms with E-state index in [9.17, 15) is 14.7 Å². The molecule has 0 fully saturated rings. The van der Waals surface area contributed by atoms with Crippen molar-refractivity contribution < 1.29 is 14.6 Å². The smallest absolute Gasteiger partial charge is 0.265 e. The van der Waals surface area contributed by atoms with Crippen LogP contribution in [-0.2, 0) is 7.05 Å². The maximum absolute atomic E-state index is 13.5. The lowest BCUT2D eigenvalue weighted by Crippen LogP contribution is -2.26. The Kier molecular flexibility index (Phi) is 6.78. The Morgan fingerprint density at radius 3 is 2.31 bits per heavy atom. The number of anilines is 2. The molecular formula is C28H29N3O4. The van der Waals surface area contributed by atoms with E-state index in [0.29, 0.717) is 10.9 Å². The first-order valence-corrected chi connectivity index (χ1v) is 11.3. The number of hydrogen-bond acceptors (Lipinski definition) is 6. The summed E-state index contributed by atoms with van der Waals surface area (Å²) in [5, 5.41) is 14.8. The van der Waals surface area contributed by atoms with Gasteiger partial charge < -0.3 is 24.6 Å². The van der Waals surface area contributed by atoms with Gasteiger partial charge in [0.1, 0.15) is 17.1 Å². The van der Waals surface area contributed by atoms with Gasteiger partial charge in [0.15, 0.2) is 5.78 Å². The molecule has 2 N–H and O–H groups in total. The highest BCUT2D eigenvalue weighted by molar-refractivity contribution is 6.03. The minimum atomic E-state index is -0.516. The number of carbonyl (C=O) groups excluding carboxylic acids is 1. The maximum atomic E-state index is 13.5. The number of para-hydroxylation sites is 1. The molecule has 1 heterocycles. The van der Waals surface area contributed by atoms with Gasteiger partial charge in [-0.3, -0.25) is 9.59 Å². The summed E-state index contributed by atoms with van der Waals surface area (Å²) in [6.45, 7) is 0. The zero-order chi connectivity index (χ0) is 25.1. The molecule has 0 spiro atoms. The number of rotatable bonds is 8. The van der Waals surface area contributed by atoms with Crippen LogP contribution < -0.4 is 20.5 Å². The van der Waals surface area contributed by atoms with E-state index in [-0.39, 0.29) is 17.7 Å². The van der Waals surface area contributed by atoms with Gasteiger partial charge in [0.2, 0.25) is 0 Å². The van der Waals surface area contributed by atoms with Crippen molar-refractivity contribution in [1.82, 2.24) is 4.57 Å². The normalized spacial score (nSPS) is 11.8. The van der Waals surface area contributed by atoms with Crippen LogP contribution in [0.1, 0.15) is 28.4 Å². The molecule has 35 heavy (non-hydrogen) atoms. The Bertz CT molecular complexity index is 1410. The van der Waals surface area contributed by atoms with Crippen LogP contribution in [0, 0.1) is 0 Å². The van der Waals surface area contributed by atoms with Crippen LogP contribution in [-0.4, -0.2) is 36.7 Å². The second-order valence-electron chi connectivity index (χ2n) is 8.64. The first-order valence-electron chi connectivity index (χ1n) is 11.3. The summed E-state index contributed by atoms with van der Waals surface area (Å²) in [5.41, 5.74) is 2.57. The number of ether oxygens (including phenoxy) is 1. The van der Waals surface area contributed by atoms with Crippen LogP contribution in [0.3, 0.4) is 0 Å². The summed E-state index contributed by atoms with van der Waals surface area (Å²) in [6.07, 6.45) is -0.0194. The first kappa shape index (κ1) is 23.9. The molecule has 7 nitrogen and oxygen atoms in total. The molecule has 0 saturated heterocycles. The molecule has 4 rings (SSSR count). The minimum Gasteiger partial charge on any atom is -0.506 e. The highest BCUT2D eigenvalue weighted by Crippen LogP contribution is 2.31. The van der Waals surface area contributed by atoms with Crippen LogP contribution in [0.15, 0.2) is 77.6 Å². The standard InChI is InChI=1S/C28H29N3O4/c1-30(2)20-13-9-18(10-14-20)23(29-19-11-15-21(35-4)16-12-19)17-25(32)26-27(33)22-7-5-6-8-24(22)31(3)28(26)34/h5-16,23,29,33H,17H2,1-4H3/t23-/m1/s1. The number of hydrogen-bond donors (Lipinski definition) is 2. The molecule has 0 aliphatic rings. The molecule has 0 amide bonds. The fraction of sp³-hybridized carbons (Fsp3) is 0.214. The second-order valence-corrected chi connectivity index (χ2v) is 8.64. The fourth-order valence-electron chi connectivity index (χ4n) is 4.16. The van der Waals surface area contributed by atoms with Gasteiger partial charge in [-0.05, 0) is 54.1 Å². The third-order valence-corrected chi connectivity index (χ3v) is 6.19. The molecule has 0 radical (unpaired) electrons. The van der Waals surface area contributed by atoms with E-state index in [1.807, 2.05) is 67.5 Å². The lowest BCUT2D eigenvalue weighted by Gasteiger charge is -2.22. The Balaban J connectivity index is 1.72. The quantitative estimate of drug-likeness (QED) is 0.361. The van der Waals surface area contributed by atoms with E-state index in [4.69, 9.17) is 4.74 Å². The number of aromatic hydroxyl groups is 1. The van der Waals surface area contributed by atoms with Crippen molar-refractivity contribution in [2.45, 2.75) is 12.5 Å². The lowest BCUT2D eigenvalue weighted by atomic mass is 9.96. The van der Waals surface area contributed by atoms with Crippen molar-refractivity contribution >= 4 is 28.1 Å². The summed E-state index contributed by atoms with van der Waals surface area (Å²) >= 11 is 0. The van der Waals surface area contributed by atoms with Crippen molar-refractivity contribution in [1.29, 1.82) is 0 Å². The number of benzene rings is 3. The number of pyridine rings is 1. The number of nitrogens with one attached hydrogen (secondary N) is 1. The summed E-state index contributed by atoms with van der Waals surface area (Å²) in [4.78, 5) is 28.5. The number of nitrogens with zero attached hydrogens (tertiary/aromatic N) is 2. The zero-order valence-electron chi connectivity index (χ0n) is 20.3. The molecule has 7 heteroatoms. The van der Waals surface area contributed by atoms with Crippen molar-refractivity contribution in [2.75, 3.05) is 31.4 Å². The van der Waals surface area contributed by atoms with E-state index < -0.39 is 17.4 Å². The Labute approximate surface area is 204 Å². The highest BCUT2D eigenvalue weighted by Gasteiger charge is 2.25. The molecule has 1 atom stereocenters. The molecule has 180 valence electrons. The number of ketones is 1. The van der Waals surface area contributed by atoms with Crippen LogP contribution >= 0.6 is 0 Å². The second kappa shape index (κ2) is 9.93. The van der Waals surface area contributed by atoms with Crippen LogP contribution in [0.2, 0.25) is 0 Å². The lowest BCUT2D eigenvalue weighted by molar-refractivity contribution is 0.0972. The van der Waals surface area contributed by atoms with Crippen molar-refractivity contribution in [3.05, 3.63) is 94.3 Å². The Hall–Kier alpha value is -4.26. The van der Waals surface area contributed by atoms with Crippen LogP contribution in [0.5, 0.6) is 11.5 Å². The molecule has 1 aromatic heterocycles. The van der Waals surface area contributed by atoms with E-state index in [0.717, 1.165) is 22.7 Å². The molecule has 0 aliphatic carbocycles. The first-order chi connectivity index (χ1) is 16.8. The van der Waals surface area contributed by atoms with Gasteiger partial charge in [-0.15, -0.1) is 0 Å². The van der Waals surface area contributed by atoms with Gasteiger partial charge in [-0.1, -0.05) is 24.3 Å². The van der Waals surface area contributed by atoms with Crippen molar-refractivity contribution in [2.24, 2.45) is 7.05 Å². The maximum Gasteiger partial charge on any atom is 0.265 e. The average molecular weight is 472 g/mol. The average Bonchev–Trinajstić information content (AvgIpc) is 2.87. The largest absolute Gasteiger partial charge is 0.506 e. The third-order valence-electron chi connectivity index (χ3n) is 6.19. The number of aryl methyl sites for hydroxylation is 1. The number of aromatic nitrogens is 1. The number of fused-ring (bicyclic) bond motifs is 1. The molecule has 3 aromatic carbocycles. The number of carbonyl (C=O) groups is 1.